The molecule has 2 unspecified atom stereocenters. The van der Waals surface area contributed by atoms with Gasteiger partial charge in [0, 0.05) is 6.42 Å². The highest BCUT2D eigenvalue weighted by Gasteiger charge is 2.21. The van der Waals surface area contributed by atoms with Gasteiger partial charge in [0.25, 0.3) is 0 Å². The minimum atomic E-state index is -1.01. The monoisotopic (exact) mass is 415 g/mol. The third-order valence-electron chi connectivity index (χ3n) is 5.52. The number of hydrogen-bond acceptors (Lipinski definition) is 4. The Bertz CT molecular complexity index is 455. The van der Waals surface area contributed by atoms with E-state index in [4.69, 9.17) is 15.9 Å². The summed E-state index contributed by atoms with van der Waals surface area (Å²) in [5.74, 6) is -3.98. The molecule has 0 heterocycles. The summed E-state index contributed by atoms with van der Waals surface area (Å²) >= 11 is 0. The Kier molecular flexibility index (Phi) is 17.4. The van der Waals surface area contributed by atoms with Crippen LogP contribution in [0.25, 0.3) is 0 Å². The molecule has 0 bridgehead atoms. The summed E-state index contributed by atoms with van der Waals surface area (Å²) in [5.41, 5.74) is 5.47. The molecule has 0 aliphatic rings. The van der Waals surface area contributed by atoms with Crippen molar-refractivity contribution in [2.45, 2.75) is 103 Å². The van der Waals surface area contributed by atoms with E-state index in [0.29, 0.717) is 25.7 Å². The predicted molar refractivity (Wildman–Crippen MR) is 113 cm³/mol. The molecule has 7 nitrogen and oxygen atoms in total. The first-order chi connectivity index (χ1) is 13.9. The Labute approximate surface area is 175 Å². The SMILES string of the molecule is NCCCCCCCCCCCCC(CCCC(CCC(=O)O)C(=O)O)C(=O)O. The Morgan fingerprint density at radius 1 is 0.552 bits per heavy atom. The maximum atomic E-state index is 11.4. The second kappa shape index (κ2) is 18.4. The molecule has 0 aromatic rings. The van der Waals surface area contributed by atoms with Crippen LogP contribution in [0.3, 0.4) is 0 Å². The third-order valence-corrected chi connectivity index (χ3v) is 5.52. The molecule has 0 fully saturated rings. The fourth-order valence-electron chi connectivity index (χ4n) is 3.64. The van der Waals surface area contributed by atoms with Crippen molar-refractivity contribution in [2.24, 2.45) is 17.6 Å². The van der Waals surface area contributed by atoms with Crippen LogP contribution >= 0.6 is 0 Å². The van der Waals surface area contributed by atoms with E-state index in [0.717, 1.165) is 32.2 Å². The maximum absolute atomic E-state index is 11.4. The fourth-order valence-corrected chi connectivity index (χ4v) is 3.64. The van der Waals surface area contributed by atoms with Gasteiger partial charge in [0.05, 0.1) is 11.8 Å². The van der Waals surface area contributed by atoms with Crippen LogP contribution in [0.4, 0.5) is 0 Å². The summed E-state index contributed by atoms with van der Waals surface area (Å²) in [6, 6.07) is 0. The minimum absolute atomic E-state index is 0.0927. The topological polar surface area (TPSA) is 138 Å². The van der Waals surface area contributed by atoms with Gasteiger partial charge in [-0.2, -0.15) is 0 Å². The number of carboxylic acids is 3. The van der Waals surface area contributed by atoms with Gasteiger partial charge >= 0.3 is 17.9 Å². The fraction of sp³-hybridized carbons (Fsp3) is 0.864. The lowest BCUT2D eigenvalue weighted by Gasteiger charge is -2.15. The van der Waals surface area contributed by atoms with Gasteiger partial charge in [-0.3, -0.25) is 14.4 Å². The lowest BCUT2D eigenvalue weighted by Crippen LogP contribution is -2.17. The summed E-state index contributed by atoms with van der Waals surface area (Å²) in [6.07, 6.45) is 13.4. The molecule has 0 radical (unpaired) electrons. The Morgan fingerprint density at radius 2 is 0.931 bits per heavy atom. The molecule has 0 spiro atoms. The highest BCUT2D eigenvalue weighted by molar-refractivity contribution is 5.72. The first-order valence-electron chi connectivity index (χ1n) is 11.3. The van der Waals surface area contributed by atoms with Crippen molar-refractivity contribution in [3.8, 4) is 0 Å². The van der Waals surface area contributed by atoms with Crippen molar-refractivity contribution in [1.29, 1.82) is 0 Å². The number of unbranched alkanes of at least 4 members (excludes halogenated alkanes) is 9. The van der Waals surface area contributed by atoms with Crippen molar-refractivity contribution in [3.05, 3.63) is 0 Å². The number of carbonyl (C=O) groups is 3. The van der Waals surface area contributed by atoms with Gasteiger partial charge < -0.3 is 21.1 Å². The summed E-state index contributed by atoms with van der Waals surface area (Å²) in [6.45, 7) is 0.780. The zero-order chi connectivity index (χ0) is 21.9. The Hall–Kier alpha value is -1.63. The molecular formula is C22H41NO6. The molecule has 0 saturated carbocycles. The average molecular weight is 416 g/mol. The van der Waals surface area contributed by atoms with Crippen LogP contribution in [0.2, 0.25) is 0 Å². The van der Waals surface area contributed by atoms with E-state index >= 15 is 0 Å². The highest BCUT2D eigenvalue weighted by atomic mass is 16.4. The van der Waals surface area contributed by atoms with Crippen LogP contribution in [0.1, 0.15) is 103 Å². The molecule has 0 aliphatic carbocycles. The quantitative estimate of drug-likeness (QED) is 0.200. The van der Waals surface area contributed by atoms with E-state index < -0.39 is 29.7 Å². The number of rotatable bonds is 21. The predicted octanol–water partition coefficient (Wildman–Crippen LogP) is 4.67. The zero-order valence-electron chi connectivity index (χ0n) is 17.8. The molecule has 7 heteroatoms. The van der Waals surface area contributed by atoms with Gasteiger partial charge in [-0.25, -0.2) is 0 Å². The molecule has 0 saturated heterocycles. The maximum Gasteiger partial charge on any atom is 0.306 e. The van der Waals surface area contributed by atoms with Gasteiger partial charge in [0.2, 0.25) is 0 Å². The van der Waals surface area contributed by atoms with E-state index in [1.807, 2.05) is 0 Å². The summed E-state index contributed by atoms with van der Waals surface area (Å²) in [7, 11) is 0. The summed E-state index contributed by atoms with van der Waals surface area (Å²) in [5, 5.41) is 27.2. The highest BCUT2D eigenvalue weighted by Crippen LogP contribution is 2.22. The van der Waals surface area contributed by atoms with E-state index in [-0.39, 0.29) is 12.8 Å². The van der Waals surface area contributed by atoms with Gasteiger partial charge in [0.1, 0.15) is 0 Å². The Morgan fingerprint density at radius 3 is 1.34 bits per heavy atom. The lowest BCUT2D eigenvalue weighted by atomic mass is 9.91. The molecule has 5 N–H and O–H groups in total. The summed E-state index contributed by atoms with van der Waals surface area (Å²) in [4.78, 5) is 33.2. The van der Waals surface area contributed by atoms with E-state index in [1.54, 1.807) is 0 Å². The van der Waals surface area contributed by atoms with Crippen LogP contribution in [-0.2, 0) is 14.4 Å². The van der Waals surface area contributed by atoms with Crippen molar-refractivity contribution < 1.29 is 29.7 Å². The smallest absolute Gasteiger partial charge is 0.306 e. The van der Waals surface area contributed by atoms with Crippen LogP contribution in [0, 0.1) is 11.8 Å². The molecule has 2 atom stereocenters. The van der Waals surface area contributed by atoms with Crippen LogP contribution in [0.5, 0.6) is 0 Å². The number of nitrogens with two attached hydrogens (primary N) is 1. The second-order valence-corrected chi connectivity index (χ2v) is 8.05. The largest absolute Gasteiger partial charge is 0.481 e. The van der Waals surface area contributed by atoms with Crippen molar-refractivity contribution in [2.75, 3.05) is 6.54 Å². The van der Waals surface area contributed by atoms with Crippen LogP contribution in [-0.4, -0.2) is 39.8 Å². The van der Waals surface area contributed by atoms with E-state index in [2.05, 4.69) is 0 Å². The van der Waals surface area contributed by atoms with Crippen molar-refractivity contribution in [1.82, 2.24) is 0 Å². The van der Waals surface area contributed by atoms with E-state index in [9.17, 15) is 19.5 Å². The molecule has 170 valence electrons. The molecule has 0 aliphatic heterocycles. The third kappa shape index (κ3) is 17.0. The van der Waals surface area contributed by atoms with Crippen molar-refractivity contribution in [3.63, 3.8) is 0 Å². The molecule has 0 aromatic heterocycles. The van der Waals surface area contributed by atoms with Gasteiger partial charge in [-0.15, -0.1) is 0 Å². The lowest BCUT2D eigenvalue weighted by molar-refractivity contribution is -0.143. The normalized spacial score (nSPS) is 13.1. The second-order valence-electron chi connectivity index (χ2n) is 8.05. The Balaban J connectivity index is 3.85. The van der Waals surface area contributed by atoms with Gasteiger partial charge in [-0.1, -0.05) is 64.2 Å². The van der Waals surface area contributed by atoms with Gasteiger partial charge in [-0.05, 0) is 38.6 Å². The molecule has 0 amide bonds. The van der Waals surface area contributed by atoms with Crippen LogP contribution in [0.15, 0.2) is 0 Å². The number of aliphatic carboxylic acids is 3. The van der Waals surface area contributed by atoms with Gasteiger partial charge in [0.15, 0.2) is 0 Å². The molecule has 29 heavy (non-hydrogen) atoms. The average Bonchev–Trinajstić information content (AvgIpc) is 2.66. The zero-order valence-corrected chi connectivity index (χ0v) is 17.8. The first kappa shape index (κ1) is 27.4. The molecule has 0 rings (SSSR count). The number of carboxylic acid groups (broad SMARTS) is 3. The number of hydrogen-bond donors (Lipinski definition) is 4. The van der Waals surface area contributed by atoms with E-state index in [1.165, 1.54) is 38.5 Å². The summed E-state index contributed by atoms with van der Waals surface area (Å²) < 4.78 is 0. The van der Waals surface area contributed by atoms with Crippen molar-refractivity contribution >= 4 is 17.9 Å². The first-order valence-corrected chi connectivity index (χ1v) is 11.3. The van der Waals surface area contributed by atoms with Crippen LogP contribution < -0.4 is 5.73 Å². The molecule has 0 aromatic carbocycles. The molecular weight excluding hydrogens is 374 g/mol. The minimum Gasteiger partial charge on any atom is -0.481 e. The standard InChI is InChI=1S/C22H41NO6/c23-17-10-8-6-4-2-1-3-5-7-9-12-18(21(26)27)13-11-14-19(22(28)29)15-16-20(24)25/h18-19H,1-17,23H2,(H,24,25)(H,26,27)(H,28,29).